The van der Waals surface area contributed by atoms with E-state index >= 15 is 0 Å². The molecule has 0 radical (unpaired) electrons. The minimum absolute atomic E-state index is 0.00999. The maximum atomic E-state index is 12.3. The molecule has 1 amide bonds. The summed E-state index contributed by atoms with van der Waals surface area (Å²) in [6.45, 7) is 0. The van der Waals surface area contributed by atoms with Crippen LogP contribution in [-0.4, -0.2) is 45.2 Å². The van der Waals surface area contributed by atoms with Gasteiger partial charge in [0.15, 0.2) is 6.04 Å². The van der Waals surface area contributed by atoms with Gasteiger partial charge in [-0.1, -0.05) is 42.5 Å². The van der Waals surface area contributed by atoms with E-state index in [1.807, 2.05) is 12.1 Å². The number of amides is 1. The first-order chi connectivity index (χ1) is 13.4. The van der Waals surface area contributed by atoms with Crippen molar-refractivity contribution in [1.82, 2.24) is 10.6 Å². The molecule has 2 unspecified atom stereocenters. The van der Waals surface area contributed by atoms with Crippen LogP contribution in [-0.2, 0) is 20.8 Å². The summed E-state index contributed by atoms with van der Waals surface area (Å²) < 4.78 is 0. The summed E-state index contributed by atoms with van der Waals surface area (Å²) in [5, 5.41) is 23.6. The van der Waals surface area contributed by atoms with Gasteiger partial charge in [-0.2, -0.15) is 0 Å². The number of carbonyl (C=O) groups excluding carboxylic acids is 1. The topological polar surface area (TPSA) is 116 Å². The average molecular weight is 402 g/mol. The molecule has 1 aliphatic carbocycles. The van der Waals surface area contributed by atoms with Gasteiger partial charge in [-0.05, 0) is 29.9 Å². The van der Waals surface area contributed by atoms with Crippen LogP contribution >= 0.6 is 11.8 Å². The molecule has 1 aliphatic heterocycles. The second-order valence-electron chi connectivity index (χ2n) is 6.82. The van der Waals surface area contributed by atoms with Gasteiger partial charge in [0.2, 0.25) is 5.91 Å². The highest BCUT2D eigenvalue weighted by molar-refractivity contribution is 8.00. The van der Waals surface area contributed by atoms with Gasteiger partial charge in [-0.3, -0.25) is 4.79 Å². The van der Waals surface area contributed by atoms with E-state index in [1.54, 1.807) is 30.3 Å². The molecule has 0 saturated heterocycles. The van der Waals surface area contributed by atoms with Crippen molar-refractivity contribution >= 4 is 29.6 Å². The number of allylic oxidation sites excluding steroid dienone is 2. The van der Waals surface area contributed by atoms with Gasteiger partial charge in [-0.15, -0.1) is 11.8 Å². The molecule has 8 heteroatoms. The van der Waals surface area contributed by atoms with Gasteiger partial charge in [0.05, 0.1) is 6.42 Å². The maximum Gasteiger partial charge on any atom is 0.352 e. The Morgan fingerprint density at radius 3 is 2.54 bits per heavy atom. The Hall–Kier alpha value is -2.74. The normalized spacial score (nSPS) is 20.5. The third-order valence-corrected chi connectivity index (χ3v) is 5.75. The number of benzene rings is 1. The van der Waals surface area contributed by atoms with Crippen LogP contribution in [0, 0.1) is 5.92 Å². The Morgan fingerprint density at radius 2 is 1.93 bits per heavy atom. The molecule has 0 spiro atoms. The fourth-order valence-corrected chi connectivity index (χ4v) is 4.03. The lowest BCUT2D eigenvalue weighted by atomic mass is 10.1. The van der Waals surface area contributed by atoms with Crippen molar-refractivity contribution in [3.05, 3.63) is 59.3 Å². The van der Waals surface area contributed by atoms with Crippen LogP contribution in [0.15, 0.2) is 53.8 Å². The second kappa shape index (κ2) is 8.97. The van der Waals surface area contributed by atoms with Gasteiger partial charge < -0.3 is 20.8 Å². The molecule has 7 nitrogen and oxygen atoms in total. The molecule has 4 N–H and O–H groups in total. The summed E-state index contributed by atoms with van der Waals surface area (Å²) in [5.74, 6) is -1.91. The van der Waals surface area contributed by atoms with Gasteiger partial charge in [-0.25, -0.2) is 9.59 Å². The Kier molecular flexibility index (Phi) is 6.41. The predicted octanol–water partition coefficient (Wildman–Crippen LogP) is 1.77. The zero-order valence-corrected chi connectivity index (χ0v) is 15.9. The van der Waals surface area contributed by atoms with E-state index in [0.29, 0.717) is 17.2 Å². The van der Waals surface area contributed by atoms with E-state index in [-0.39, 0.29) is 12.1 Å². The lowest BCUT2D eigenvalue weighted by Gasteiger charge is -2.30. The Bertz CT molecular complexity index is 817. The molecule has 2 atom stereocenters. The number of nitrogens with one attached hydrogen (secondary N) is 2. The number of carboxylic acids is 2. The molecule has 3 rings (SSSR count). The molecule has 148 valence electrons. The molecular formula is C20H22N2O5S. The largest absolute Gasteiger partial charge is 0.480 e. The van der Waals surface area contributed by atoms with E-state index in [1.165, 1.54) is 11.8 Å². The van der Waals surface area contributed by atoms with Gasteiger partial charge >= 0.3 is 11.9 Å². The number of hydrogen-bond donors (Lipinski definition) is 4. The average Bonchev–Trinajstić information content (AvgIpc) is 3.49. The number of aliphatic carboxylic acids is 2. The van der Waals surface area contributed by atoms with E-state index in [4.69, 9.17) is 0 Å². The van der Waals surface area contributed by atoms with Crippen LogP contribution in [0.1, 0.15) is 18.4 Å². The Balaban J connectivity index is 1.69. The van der Waals surface area contributed by atoms with Crippen molar-refractivity contribution < 1.29 is 24.6 Å². The highest BCUT2D eigenvalue weighted by Crippen LogP contribution is 2.32. The summed E-state index contributed by atoms with van der Waals surface area (Å²) in [4.78, 5) is 35.6. The molecule has 0 aromatic heterocycles. The van der Waals surface area contributed by atoms with Crippen molar-refractivity contribution in [3.8, 4) is 0 Å². The smallest absolute Gasteiger partial charge is 0.352 e. The third kappa shape index (κ3) is 5.39. The summed E-state index contributed by atoms with van der Waals surface area (Å²) in [5.41, 5.74) is 1.39. The minimum Gasteiger partial charge on any atom is -0.480 e. The van der Waals surface area contributed by atoms with Crippen LogP contribution in [0.4, 0.5) is 0 Å². The predicted molar refractivity (Wildman–Crippen MR) is 106 cm³/mol. The lowest BCUT2D eigenvalue weighted by molar-refractivity contribution is -0.142. The quantitative estimate of drug-likeness (QED) is 0.524. The summed E-state index contributed by atoms with van der Waals surface area (Å²) in [7, 11) is 0. The highest BCUT2D eigenvalue weighted by atomic mass is 32.2. The van der Waals surface area contributed by atoms with Gasteiger partial charge in [0, 0.05) is 5.75 Å². The number of hydrogen-bond acceptors (Lipinski definition) is 5. The van der Waals surface area contributed by atoms with Gasteiger partial charge in [0.25, 0.3) is 0 Å². The molecule has 0 bridgehead atoms. The van der Waals surface area contributed by atoms with E-state index in [9.17, 15) is 24.6 Å². The zero-order chi connectivity index (χ0) is 20.1. The molecule has 1 saturated carbocycles. The highest BCUT2D eigenvalue weighted by Gasteiger charge is 2.35. The Morgan fingerprint density at radius 1 is 1.21 bits per heavy atom. The summed E-state index contributed by atoms with van der Waals surface area (Å²) in [6, 6.07) is 7.76. The fourth-order valence-electron chi connectivity index (χ4n) is 2.85. The first-order valence-corrected chi connectivity index (χ1v) is 10.1. The van der Waals surface area contributed by atoms with E-state index in [2.05, 4.69) is 10.6 Å². The van der Waals surface area contributed by atoms with Crippen LogP contribution in [0.25, 0.3) is 0 Å². The summed E-state index contributed by atoms with van der Waals surface area (Å²) >= 11 is 1.27. The van der Waals surface area contributed by atoms with Crippen LogP contribution in [0.3, 0.4) is 0 Å². The zero-order valence-electron chi connectivity index (χ0n) is 15.1. The molecular weight excluding hydrogens is 380 g/mol. The molecule has 1 aromatic rings. The van der Waals surface area contributed by atoms with Crippen LogP contribution < -0.4 is 10.6 Å². The monoisotopic (exact) mass is 402 g/mol. The number of thioether (sulfide) groups is 1. The van der Waals surface area contributed by atoms with Crippen molar-refractivity contribution in [2.24, 2.45) is 5.92 Å². The molecule has 1 fully saturated rings. The standard InChI is InChI=1S/C20H22N2O5S/c23-15(10-13-4-2-1-3-5-13)21-17(20(26)27)18-22-16(19(24)25)14(11-28-18)9-8-12-6-7-12/h1-5,8-9,12,17-18,22H,6-7,10-11H2,(H,21,23)(H,24,25)(H,26,27)/b9-8+. The first kappa shape index (κ1) is 20.0. The Labute approximate surface area is 166 Å². The molecule has 2 aliphatic rings. The molecule has 1 heterocycles. The first-order valence-electron chi connectivity index (χ1n) is 9.03. The van der Waals surface area contributed by atoms with Crippen LogP contribution in [0.2, 0.25) is 0 Å². The summed E-state index contributed by atoms with van der Waals surface area (Å²) in [6.07, 6.45) is 6.09. The molecule has 28 heavy (non-hydrogen) atoms. The second-order valence-corrected chi connectivity index (χ2v) is 7.95. The van der Waals surface area contributed by atoms with E-state index < -0.39 is 29.3 Å². The third-order valence-electron chi connectivity index (χ3n) is 4.52. The maximum absolute atomic E-state index is 12.3. The minimum atomic E-state index is -1.25. The van der Waals surface area contributed by atoms with Crippen molar-refractivity contribution in [1.29, 1.82) is 0 Å². The van der Waals surface area contributed by atoms with Crippen molar-refractivity contribution in [3.63, 3.8) is 0 Å². The van der Waals surface area contributed by atoms with E-state index in [0.717, 1.165) is 18.4 Å². The SMILES string of the molecule is O=C(Cc1ccccc1)NC(C(=O)O)C1NC(C(=O)O)=C(/C=C/C2CC2)CS1. The van der Waals surface area contributed by atoms with Gasteiger partial charge in [0.1, 0.15) is 11.1 Å². The number of carboxylic acid groups (broad SMARTS) is 2. The van der Waals surface area contributed by atoms with Crippen molar-refractivity contribution in [2.45, 2.75) is 30.7 Å². The number of rotatable bonds is 8. The molecule has 1 aromatic carbocycles. The van der Waals surface area contributed by atoms with Crippen LogP contribution in [0.5, 0.6) is 0 Å². The fraction of sp³-hybridized carbons (Fsp3) is 0.350. The lowest BCUT2D eigenvalue weighted by Crippen LogP contribution is -2.54. The van der Waals surface area contributed by atoms with Crippen molar-refractivity contribution in [2.75, 3.05) is 5.75 Å². The number of carbonyl (C=O) groups is 3.